The van der Waals surface area contributed by atoms with Gasteiger partial charge in [-0.1, -0.05) is 22.8 Å². The van der Waals surface area contributed by atoms with Gasteiger partial charge in [0.05, 0.1) is 17.0 Å². The average molecular weight is 412 g/mol. The molecule has 0 saturated heterocycles. The molecule has 4 rings (SSSR count). The number of benzene rings is 2. The lowest BCUT2D eigenvalue weighted by atomic mass is 10.2. The van der Waals surface area contributed by atoms with Gasteiger partial charge in [-0.3, -0.25) is 4.79 Å². The van der Waals surface area contributed by atoms with Crippen LogP contribution in [0.1, 0.15) is 9.67 Å². The Labute approximate surface area is 169 Å². The molecule has 6 nitrogen and oxygen atoms in total. The van der Waals surface area contributed by atoms with Gasteiger partial charge in [-0.2, -0.15) is 4.98 Å². The molecule has 0 aliphatic carbocycles. The van der Waals surface area contributed by atoms with E-state index in [2.05, 4.69) is 15.5 Å². The Balaban J connectivity index is 1.54. The SMILES string of the molecule is COc1ccc(-c2nc(-c3ccc(NC(=O)c4cccs4)cc3Cl)no2)cc1. The van der Waals surface area contributed by atoms with E-state index >= 15 is 0 Å². The van der Waals surface area contributed by atoms with Crippen LogP contribution in [0, 0.1) is 0 Å². The van der Waals surface area contributed by atoms with Crippen molar-refractivity contribution in [3.63, 3.8) is 0 Å². The maximum absolute atomic E-state index is 12.2. The van der Waals surface area contributed by atoms with Crippen molar-refractivity contribution in [2.24, 2.45) is 0 Å². The normalized spacial score (nSPS) is 10.6. The molecule has 0 fully saturated rings. The second-order valence-corrected chi connectivity index (χ2v) is 7.13. The fourth-order valence-electron chi connectivity index (χ4n) is 2.56. The molecule has 0 atom stereocenters. The first-order valence-electron chi connectivity index (χ1n) is 8.27. The minimum atomic E-state index is -0.180. The number of hydrogen-bond donors (Lipinski definition) is 1. The van der Waals surface area contributed by atoms with Crippen LogP contribution in [0.2, 0.25) is 5.02 Å². The Hall–Kier alpha value is -3.16. The van der Waals surface area contributed by atoms with Crippen molar-refractivity contribution >= 4 is 34.5 Å². The molecule has 1 amide bonds. The van der Waals surface area contributed by atoms with Gasteiger partial charge in [0.15, 0.2) is 0 Å². The van der Waals surface area contributed by atoms with Crippen molar-refractivity contribution in [2.75, 3.05) is 12.4 Å². The first-order chi connectivity index (χ1) is 13.6. The van der Waals surface area contributed by atoms with Crippen LogP contribution in [0.5, 0.6) is 5.75 Å². The molecule has 28 heavy (non-hydrogen) atoms. The van der Waals surface area contributed by atoms with E-state index in [0.29, 0.717) is 32.9 Å². The molecule has 0 spiro atoms. The number of amides is 1. The lowest BCUT2D eigenvalue weighted by Gasteiger charge is -2.06. The summed E-state index contributed by atoms with van der Waals surface area (Å²) >= 11 is 7.75. The van der Waals surface area contributed by atoms with Crippen LogP contribution in [-0.4, -0.2) is 23.2 Å². The summed E-state index contributed by atoms with van der Waals surface area (Å²) < 4.78 is 10.5. The lowest BCUT2D eigenvalue weighted by molar-refractivity contribution is 0.103. The number of thiophene rings is 1. The number of halogens is 1. The lowest BCUT2D eigenvalue weighted by Crippen LogP contribution is -2.09. The quantitative estimate of drug-likeness (QED) is 0.477. The molecule has 2 aromatic heterocycles. The van der Waals surface area contributed by atoms with Gasteiger partial charge in [-0.25, -0.2) is 0 Å². The van der Waals surface area contributed by atoms with E-state index in [4.69, 9.17) is 20.9 Å². The maximum Gasteiger partial charge on any atom is 0.265 e. The first kappa shape index (κ1) is 18.2. The van der Waals surface area contributed by atoms with Gasteiger partial charge in [0.25, 0.3) is 11.8 Å². The number of carbonyl (C=O) groups is 1. The zero-order chi connectivity index (χ0) is 19.5. The highest BCUT2D eigenvalue weighted by Crippen LogP contribution is 2.31. The Morgan fingerprint density at radius 2 is 2.00 bits per heavy atom. The van der Waals surface area contributed by atoms with Crippen LogP contribution in [0.25, 0.3) is 22.8 Å². The number of rotatable bonds is 5. The molecule has 0 aliphatic rings. The fraction of sp³-hybridized carbons (Fsp3) is 0.0500. The Bertz CT molecular complexity index is 1110. The van der Waals surface area contributed by atoms with Crippen molar-refractivity contribution in [3.8, 4) is 28.6 Å². The summed E-state index contributed by atoms with van der Waals surface area (Å²) in [6.07, 6.45) is 0. The van der Waals surface area contributed by atoms with E-state index in [1.165, 1.54) is 11.3 Å². The van der Waals surface area contributed by atoms with Gasteiger partial charge in [-0.15, -0.1) is 11.3 Å². The number of nitrogens with zero attached hydrogens (tertiary/aromatic N) is 2. The van der Waals surface area contributed by atoms with Crippen LogP contribution in [-0.2, 0) is 0 Å². The van der Waals surface area contributed by atoms with Gasteiger partial charge in [0.2, 0.25) is 5.82 Å². The van der Waals surface area contributed by atoms with Crippen molar-refractivity contribution in [2.45, 2.75) is 0 Å². The minimum Gasteiger partial charge on any atom is -0.497 e. The Morgan fingerprint density at radius 3 is 2.68 bits per heavy atom. The number of methoxy groups -OCH3 is 1. The summed E-state index contributed by atoms with van der Waals surface area (Å²) in [6, 6.07) is 16.0. The summed E-state index contributed by atoms with van der Waals surface area (Å²) in [4.78, 5) is 17.2. The summed E-state index contributed by atoms with van der Waals surface area (Å²) in [6.45, 7) is 0. The van der Waals surface area contributed by atoms with Gasteiger partial charge < -0.3 is 14.6 Å². The molecule has 0 unspecified atom stereocenters. The fourth-order valence-corrected chi connectivity index (χ4v) is 3.44. The topological polar surface area (TPSA) is 77.2 Å². The van der Waals surface area contributed by atoms with Gasteiger partial charge >= 0.3 is 0 Å². The first-order valence-corrected chi connectivity index (χ1v) is 9.53. The number of ether oxygens (including phenoxy) is 1. The number of anilines is 1. The zero-order valence-electron chi connectivity index (χ0n) is 14.7. The second-order valence-electron chi connectivity index (χ2n) is 5.78. The summed E-state index contributed by atoms with van der Waals surface area (Å²) in [5.41, 5.74) is 1.97. The molecule has 8 heteroatoms. The van der Waals surface area contributed by atoms with Gasteiger partial charge in [0.1, 0.15) is 5.75 Å². The number of carbonyl (C=O) groups excluding carboxylic acids is 1. The number of aromatic nitrogens is 2. The molecule has 0 aliphatic heterocycles. The van der Waals surface area contributed by atoms with E-state index in [1.54, 1.807) is 31.4 Å². The third-order valence-electron chi connectivity index (χ3n) is 3.98. The van der Waals surface area contributed by atoms with Crippen molar-refractivity contribution in [1.29, 1.82) is 0 Å². The third kappa shape index (κ3) is 3.76. The monoisotopic (exact) mass is 411 g/mol. The molecular formula is C20H14ClN3O3S. The largest absolute Gasteiger partial charge is 0.497 e. The van der Waals surface area contributed by atoms with Crippen LogP contribution in [0.4, 0.5) is 5.69 Å². The Morgan fingerprint density at radius 1 is 1.18 bits per heavy atom. The molecule has 140 valence electrons. The van der Waals surface area contributed by atoms with Crippen LogP contribution < -0.4 is 10.1 Å². The van der Waals surface area contributed by atoms with Crippen LogP contribution >= 0.6 is 22.9 Å². The second kappa shape index (κ2) is 7.84. The van der Waals surface area contributed by atoms with Gasteiger partial charge in [-0.05, 0) is 53.9 Å². The molecule has 0 radical (unpaired) electrons. The zero-order valence-corrected chi connectivity index (χ0v) is 16.3. The highest BCUT2D eigenvalue weighted by Gasteiger charge is 2.15. The van der Waals surface area contributed by atoms with Crippen molar-refractivity contribution < 1.29 is 14.1 Å². The van der Waals surface area contributed by atoms with Crippen LogP contribution in [0.3, 0.4) is 0 Å². The highest BCUT2D eigenvalue weighted by atomic mass is 35.5. The molecular weight excluding hydrogens is 398 g/mol. The highest BCUT2D eigenvalue weighted by molar-refractivity contribution is 7.12. The number of hydrogen-bond acceptors (Lipinski definition) is 6. The van der Waals surface area contributed by atoms with E-state index in [-0.39, 0.29) is 5.91 Å². The molecule has 1 N–H and O–H groups in total. The minimum absolute atomic E-state index is 0.180. The molecule has 2 aromatic carbocycles. The van der Waals surface area contributed by atoms with E-state index in [9.17, 15) is 4.79 Å². The summed E-state index contributed by atoms with van der Waals surface area (Å²) in [5.74, 6) is 1.31. The standard InChI is InChI=1S/C20H14ClN3O3S/c1-26-14-7-4-12(5-8-14)20-23-18(24-27-20)15-9-6-13(11-16(15)21)22-19(25)17-3-2-10-28-17/h2-11H,1H3,(H,22,25). The van der Waals surface area contributed by atoms with Gasteiger partial charge in [0, 0.05) is 16.8 Å². The maximum atomic E-state index is 12.2. The predicted octanol–water partition coefficient (Wildman–Crippen LogP) is 5.38. The smallest absolute Gasteiger partial charge is 0.265 e. The van der Waals surface area contributed by atoms with E-state index < -0.39 is 0 Å². The molecule has 2 heterocycles. The van der Waals surface area contributed by atoms with Crippen molar-refractivity contribution in [1.82, 2.24) is 10.1 Å². The van der Waals surface area contributed by atoms with E-state index in [1.807, 2.05) is 35.7 Å². The number of nitrogens with one attached hydrogen (secondary N) is 1. The molecule has 0 bridgehead atoms. The van der Waals surface area contributed by atoms with Crippen LogP contribution in [0.15, 0.2) is 64.5 Å². The third-order valence-corrected chi connectivity index (χ3v) is 5.16. The summed E-state index contributed by atoms with van der Waals surface area (Å²) in [7, 11) is 1.61. The summed E-state index contributed by atoms with van der Waals surface area (Å²) in [5, 5.41) is 9.08. The van der Waals surface area contributed by atoms with E-state index in [0.717, 1.165) is 11.3 Å². The van der Waals surface area contributed by atoms with Crippen molar-refractivity contribution in [3.05, 3.63) is 69.9 Å². The Kier molecular flexibility index (Phi) is 5.10. The molecule has 4 aromatic rings. The predicted molar refractivity (Wildman–Crippen MR) is 109 cm³/mol. The molecule has 0 saturated carbocycles. The average Bonchev–Trinajstić information content (AvgIpc) is 3.40.